The van der Waals surface area contributed by atoms with Crippen LogP contribution in [-0.4, -0.2) is 113 Å². The van der Waals surface area contributed by atoms with Crippen molar-refractivity contribution < 1.29 is 87.0 Å². The maximum absolute atomic E-state index is 13.1. The van der Waals surface area contributed by atoms with Crippen LogP contribution in [0.5, 0.6) is 5.75 Å². The standard InChI is InChI=1S/C32H28N2O4.C27H34N2O6S.2C10H6F2N.2C5H10.2CH3.Ti/c1-2-37-29-19-15-24(16-20-29)21-22-33-31(35)30(38-32(33)36)23-25-13-17-28(18-14-25)34(26-9-5-3-6-10-26)27-11-7-4-8-12-27;1-5-33-26(31)22-8-6-20(7-9-22)18-34-24(30)19-35-28-25(21-10-12-23(36-4)13-11-21)27(2,3)29-14-16-32-17-15-29;2*11-8-3-4-10(9(12)7-8)13-5-1-2-6-13;2*1-2-4-5-3-1;;;/h3-20,23H,2,21-22H2,1H3;6-13H,5,14-19H2,1-4H3;2*1-6H;2*1-5H2;2*1H3;/q;;2*-1;;;2*-1;+4/b30-23+;28-25-;;;;;;;. The van der Waals surface area contributed by atoms with Crippen molar-refractivity contribution in [2.45, 2.75) is 115 Å². The molecule has 4 heterocycles. The predicted molar refractivity (Wildman–Crippen MR) is 436 cm³/mol. The number of morpholine rings is 1. The van der Waals surface area contributed by atoms with E-state index in [-0.39, 0.29) is 68.1 Å². The van der Waals surface area contributed by atoms with Gasteiger partial charge in [-0.1, -0.05) is 154 Å². The van der Waals surface area contributed by atoms with Crippen LogP contribution in [0.25, 0.3) is 17.5 Å². The number of para-hydroxylation sites is 2. The zero-order valence-corrected chi connectivity index (χ0v) is 67.7. The summed E-state index contributed by atoms with van der Waals surface area (Å²) in [6.45, 7) is 11.7. The molecule has 2 aromatic heterocycles. The molecule has 592 valence electrons. The van der Waals surface area contributed by atoms with E-state index in [1.807, 2.05) is 135 Å². The molecular formula is C91H100F4N6O10STi. The zero-order chi connectivity index (χ0) is 77.9. The molecular weight excluding hydrogens is 1490 g/mol. The van der Waals surface area contributed by atoms with Crippen LogP contribution in [0, 0.1) is 50.3 Å². The molecule has 2 saturated heterocycles. The summed E-state index contributed by atoms with van der Waals surface area (Å²) in [5.41, 5.74) is 7.83. The average Bonchev–Trinajstić information content (AvgIpc) is 1.57. The maximum atomic E-state index is 13.1. The van der Waals surface area contributed by atoms with Crippen molar-refractivity contribution in [3.63, 3.8) is 0 Å². The van der Waals surface area contributed by atoms with Gasteiger partial charge in [-0.3, -0.25) is 9.69 Å². The number of carbonyl (C=O) groups is 4. The van der Waals surface area contributed by atoms with Gasteiger partial charge in [0.05, 0.1) is 37.5 Å². The van der Waals surface area contributed by atoms with Gasteiger partial charge in [-0.2, -0.15) is 0 Å². The molecule has 16 nitrogen and oxygen atoms in total. The predicted octanol–water partition coefficient (Wildman–Crippen LogP) is 21.2. The van der Waals surface area contributed by atoms with Crippen molar-refractivity contribution in [2.75, 3.05) is 63.8 Å². The van der Waals surface area contributed by atoms with Crippen LogP contribution in [0.3, 0.4) is 0 Å². The summed E-state index contributed by atoms with van der Waals surface area (Å²) in [7, 11) is 0. The van der Waals surface area contributed by atoms with E-state index >= 15 is 0 Å². The summed E-state index contributed by atoms with van der Waals surface area (Å²) in [4.78, 5) is 61.6. The van der Waals surface area contributed by atoms with Gasteiger partial charge in [0.2, 0.25) is 6.61 Å². The van der Waals surface area contributed by atoms with Crippen LogP contribution in [0.4, 0.5) is 39.4 Å². The van der Waals surface area contributed by atoms with Crippen molar-refractivity contribution in [1.82, 2.24) is 18.9 Å². The molecule has 2 aliphatic carbocycles. The molecule has 0 radical (unpaired) electrons. The Bertz CT molecular complexity index is 4360. The number of rotatable bonds is 22. The first kappa shape index (κ1) is 91.6. The van der Waals surface area contributed by atoms with E-state index < -0.39 is 46.8 Å². The number of esters is 2. The Morgan fingerprint density at radius 1 is 0.575 bits per heavy atom. The van der Waals surface area contributed by atoms with Crippen LogP contribution in [0.1, 0.15) is 125 Å². The Kier molecular flexibility index (Phi) is 39.4. The van der Waals surface area contributed by atoms with Gasteiger partial charge in [0.15, 0.2) is 5.76 Å². The fraction of sp³-hybridized carbons (Fsp3) is 0.286. The minimum Gasteiger partial charge on any atom is -0.494 e. The number of ether oxygens (including phenoxy) is 5. The first-order chi connectivity index (χ1) is 53.5. The second kappa shape index (κ2) is 48.6. The number of cyclic esters (lactones) is 1. The average molecular weight is 1590 g/mol. The summed E-state index contributed by atoms with van der Waals surface area (Å²) in [5.74, 6) is -3.27. The number of amides is 2. The molecule has 4 aliphatic rings. The molecule has 0 atom stereocenters. The van der Waals surface area contributed by atoms with Crippen molar-refractivity contribution in [1.29, 1.82) is 0 Å². The van der Waals surface area contributed by atoms with Gasteiger partial charge >= 0.3 is 39.7 Å². The number of thioether (sulfide) groups is 1. The van der Waals surface area contributed by atoms with Gasteiger partial charge in [0.25, 0.3) is 5.91 Å². The number of nitrogens with zero attached hydrogens (tertiary/aromatic N) is 6. The molecule has 0 bridgehead atoms. The second-order valence-electron chi connectivity index (χ2n) is 26.2. The third-order valence-electron chi connectivity index (χ3n) is 18.1. The normalized spacial score (nSPS) is 13.9. The fourth-order valence-corrected chi connectivity index (χ4v) is 12.6. The van der Waals surface area contributed by atoms with Gasteiger partial charge in [0.1, 0.15) is 18.1 Å². The number of hydrogen-bond donors (Lipinski definition) is 0. The monoisotopic (exact) mass is 1590 g/mol. The maximum Gasteiger partial charge on any atom is 4.00 e. The number of anilines is 3. The van der Waals surface area contributed by atoms with Crippen LogP contribution < -0.4 is 9.64 Å². The third kappa shape index (κ3) is 28.7. The van der Waals surface area contributed by atoms with Gasteiger partial charge < -0.3 is 57.4 Å². The molecule has 2 amide bonds. The summed E-state index contributed by atoms with van der Waals surface area (Å²) < 4.78 is 80.9. The largest absolute Gasteiger partial charge is 4.00 e. The van der Waals surface area contributed by atoms with E-state index in [9.17, 15) is 36.7 Å². The summed E-state index contributed by atoms with van der Waals surface area (Å²) in [5, 5.41) is 4.41. The van der Waals surface area contributed by atoms with Gasteiger partial charge in [-0.25, -0.2) is 36.8 Å². The number of halogens is 4. The molecule has 22 heteroatoms. The molecule has 2 aliphatic heterocycles. The number of benzene rings is 8. The van der Waals surface area contributed by atoms with E-state index in [0.717, 1.165) is 73.7 Å². The minimum atomic E-state index is -0.687. The van der Waals surface area contributed by atoms with Crippen LogP contribution in [0.15, 0.2) is 247 Å². The Hall–Kier alpha value is -10.3. The van der Waals surface area contributed by atoms with E-state index in [0.29, 0.717) is 49.8 Å². The second-order valence-corrected chi connectivity index (χ2v) is 27.0. The topological polar surface area (TPSA) is 156 Å². The molecule has 14 rings (SSSR count). The van der Waals surface area contributed by atoms with E-state index in [1.54, 1.807) is 107 Å². The SMILES string of the molecule is C1CCCC1.C1CCCC1.CCOC(=O)c1ccc(COC(=O)CO/N=C(/c2ccc(SC)cc2)C(C)(C)N2CCOCC2)cc1.CCOc1ccc(CCN2C(=O)O/C(=C/c3ccc(N(c4ccccc4)c4ccccc4)cc3)C2=O)cc1.Fc1[c-]c(F)c(-n2cccc2)cc1.Fc1[c-]c(F)c(-n2cccc2)cc1.[CH3-].[CH3-].[Ti+4]. The smallest absolute Gasteiger partial charge is 0.494 e. The molecule has 8 aromatic carbocycles. The first-order valence-corrected chi connectivity index (χ1v) is 38.3. The molecule has 0 unspecified atom stereocenters. The molecule has 0 spiro atoms. The van der Waals surface area contributed by atoms with E-state index in [4.69, 9.17) is 28.5 Å². The first-order valence-electron chi connectivity index (χ1n) is 37.1. The third-order valence-corrected chi connectivity index (χ3v) is 18.8. The van der Waals surface area contributed by atoms with Crippen molar-refractivity contribution >= 4 is 64.6 Å². The summed E-state index contributed by atoms with van der Waals surface area (Å²) in [6.07, 6.45) is 25.3. The molecule has 4 fully saturated rings. The van der Waals surface area contributed by atoms with Gasteiger partial charge in [-0.05, 0) is 196 Å². The van der Waals surface area contributed by atoms with Crippen LogP contribution in [-0.2, 0) is 68.1 Å². The van der Waals surface area contributed by atoms with Gasteiger partial charge in [-0.15, -0.1) is 48.2 Å². The number of imide groups is 1. The van der Waals surface area contributed by atoms with E-state index in [2.05, 4.69) is 53.1 Å². The number of aromatic nitrogens is 2. The van der Waals surface area contributed by atoms with Crippen LogP contribution in [0.2, 0.25) is 0 Å². The molecule has 2 saturated carbocycles. The number of oxime groups is 1. The Morgan fingerprint density at radius 2 is 1.05 bits per heavy atom. The Labute approximate surface area is 682 Å². The zero-order valence-electron chi connectivity index (χ0n) is 65.3. The fourth-order valence-electron chi connectivity index (χ4n) is 12.2. The Balaban J connectivity index is 0.000000240. The van der Waals surface area contributed by atoms with Crippen LogP contribution >= 0.6 is 11.8 Å². The molecule has 0 N–H and O–H groups in total. The van der Waals surface area contributed by atoms with Crippen molar-refractivity contribution in [3.8, 4) is 17.1 Å². The Morgan fingerprint density at radius 3 is 1.52 bits per heavy atom. The summed E-state index contributed by atoms with van der Waals surface area (Å²) in [6, 6.07) is 66.6. The van der Waals surface area contributed by atoms with E-state index in [1.165, 1.54) is 88.5 Å². The summed E-state index contributed by atoms with van der Waals surface area (Å²) >= 11 is 1.67. The number of hydrogen-bond acceptors (Lipinski definition) is 14. The minimum absolute atomic E-state index is 0. The van der Waals surface area contributed by atoms with Crippen molar-refractivity contribution in [2.24, 2.45) is 5.16 Å². The van der Waals surface area contributed by atoms with Gasteiger partial charge in [0, 0.05) is 70.4 Å². The number of carbonyl (C=O) groups excluding carboxylic acids is 4. The molecule has 10 aromatic rings. The van der Waals surface area contributed by atoms with Crippen molar-refractivity contribution in [3.05, 3.63) is 315 Å². The quantitative estimate of drug-likeness (QED) is 0.00728. The molecule has 113 heavy (non-hydrogen) atoms.